The zero-order chi connectivity index (χ0) is 21.5. The van der Waals surface area contributed by atoms with Crippen LogP contribution in [-0.2, 0) is 16.0 Å². The number of hydrogen-bond acceptors (Lipinski definition) is 3. The highest BCUT2D eigenvalue weighted by Crippen LogP contribution is 2.41. The van der Waals surface area contributed by atoms with Crippen molar-refractivity contribution in [3.05, 3.63) is 55.7 Å². The fourth-order valence-corrected chi connectivity index (χ4v) is 6.48. The summed E-state index contributed by atoms with van der Waals surface area (Å²) in [6.07, 6.45) is 7.00. The molecule has 0 spiro atoms. The highest BCUT2D eigenvalue weighted by atomic mass is 35.5. The maximum atomic E-state index is 13.6. The van der Waals surface area contributed by atoms with E-state index in [0.29, 0.717) is 16.6 Å². The molecular formula is C24H26Cl2N2O2S. The second-order valence-corrected chi connectivity index (χ2v) is 10.7. The summed E-state index contributed by atoms with van der Waals surface area (Å²) in [7, 11) is 0. The van der Waals surface area contributed by atoms with Crippen LogP contribution in [0.5, 0.6) is 0 Å². The lowest BCUT2D eigenvalue weighted by Gasteiger charge is -2.38. The number of carbonyl (C=O) groups excluding carboxylic acids is 2. The van der Waals surface area contributed by atoms with Gasteiger partial charge in [0, 0.05) is 33.4 Å². The predicted molar refractivity (Wildman–Crippen MR) is 125 cm³/mol. The topological polar surface area (TPSA) is 40.6 Å². The van der Waals surface area contributed by atoms with Crippen LogP contribution in [0.15, 0.2) is 29.6 Å². The molecular weight excluding hydrogens is 451 g/mol. The van der Waals surface area contributed by atoms with Gasteiger partial charge in [0.1, 0.15) is 6.54 Å². The lowest BCUT2D eigenvalue weighted by molar-refractivity contribution is -0.144. The van der Waals surface area contributed by atoms with Crippen molar-refractivity contribution in [2.75, 3.05) is 13.1 Å². The van der Waals surface area contributed by atoms with Gasteiger partial charge >= 0.3 is 0 Å². The molecule has 0 N–H and O–H groups in total. The summed E-state index contributed by atoms with van der Waals surface area (Å²) >= 11 is 14.4. The summed E-state index contributed by atoms with van der Waals surface area (Å²) in [6.45, 7) is 0.799. The first kappa shape index (κ1) is 21.3. The maximum Gasteiger partial charge on any atom is 0.243 e. The number of fused-ring (bicyclic) bond motifs is 1. The molecule has 2 fully saturated rings. The van der Waals surface area contributed by atoms with E-state index in [2.05, 4.69) is 11.4 Å². The summed E-state index contributed by atoms with van der Waals surface area (Å²) in [4.78, 5) is 31.9. The molecule has 2 aromatic rings. The molecule has 2 heterocycles. The average molecular weight is 477 g/mol. The van der Waals surface area contributed by atoms with Crippen molar-refractivity contribution in [2.45, 2.75) is 57.0 Å². The second-order valence-electron chi connectivity index (χ2n) is 8.88. The van der Waals surface area contributed by atoms with Crippen molar-refractivity contribution >= 4 is 46.4 Å². The SMILES string of the molecule is O=C(C1CCCC1)N(CC(=O)N1CCc2sccc2C1c1ccc(Cl)cc1Cl)C1CC1. The normalized spacial score (nSPS) is 21.2. The van der Waals surface area contributed by atoms with Gasteiger partial charge in [0.15, 0.2) is 0 Å². The molecule has 4 nitrogen and oxygen atoms in total. The lowest BCUT2D eigenvalue weighted by atomic mass is 9.93. The Bertz CT molecular complexity index is 997. The number of nitrogens with zero attached hydrogens (tertiary/aromatic N) is 2. The molecule has 31 heavy (non-hydrogen) atoms. The van der Waals surface area contributed by atoms with Crippen LogP contribution in [0.2, 0.25) is 10.0 Å². The van der Waals surface area contributed by atoms with Crippen LogP contribution in [0.4, 0.5) is 0 Å². The molecule has 0 radical (unpaired) electrons. The minimum atomic E-state index is -0.241. The predicted octanol–water partition coefficient (Wildman–Crippen LogP) is 5.71. The van der Waals surface area contributed by atoms with Gasteiger partial charge in [0.05, 0.1) is 6.04 Å². The number of hydrogen-bond donors (Lipinski definition) is 0. The van der Waals surface area contributed by atoms with Gasteiger partial charge < -0.3 is 9.80 Å². The smallest absolute Gasteiger partial charge is 0.243 e. The number of carbonyl (C=O) groups is 2. The number of halogens is 2. The summed E-state index contributed by atoms with van der Waals surface area (Å²) in [6, 6.07) is 7.57. The fourth-order valence-electron chi connectivity index (χ4n) is 5.06. The second kappa shape index (κ2) is 8.76. The van der Waals surface area contributed by atoms with Gasteiger partial charge in [-0.2, -0.15) is 0 Å². The number of amides is 2. The van der Waals surface area contributed by atoms with Crippen molar-refractivity contribution in [2.24, 2.45) is 5.92 Å². The van der Waals surface area contributed by atoms with Crippen LogP contribution < -0.4 is 0 Å². The van der Waals surface area contributed by atoms with Crippen LogP contribution in [0, 0.1) is 5.92 Å². The molecule has 1 atom stereocenters. The molecule has 2 saturated carbocycles. The van der Waals surface area contributed by atoms with E-state index in [1.54, 1.807) is 17.4 Å². The van der Waals surface area contributed by atoms with E-state index in [0.717, 1.165) is 56.1 Å². The zero-order valence-electron chi connectivity index (χ0n) is 17.4. The molecule has 1 aromatic carbocycles. The molecule has 7 heteroatoms. The number of benzene rings is 1. The first-order chi connectivity index (χ1) is 15.0. The Hall–Kier alpha value is -1.56. The Morgan fingerprint density at radius 1 is 1.06 bits per heavy atom. The molecule has 164 valence electrons. The van der Waals surface area contributed by atoms with Gasteiger partial charge in [-0.15, -0.1) is 11.3 Å². The number of rotatable bonds is 5. The number of thiophene rings is 1. The van der Waals surface area contributed by atoms with Crippen molar-refractivity contribution in [3.8, 4) is 0 Å². The van der Waals surface area contributed by atoms with E-state index in [1.165, 1.54) is 4.88 Å². The van der Waals surface area contributed by atoms with Crippen LogP contribution in [0.25, 0.3) is 0 Å². The molecule has 0 saturated heterocycles. The Balaban J connectivity index is 1.43. The fraction of sp³-hybridized carbons (Fsp3) is 0.500. The molecule has 1 aliphatic heterocycles. The molecule has 1 unspecified atom stereocenters. The minimum Gasteiger partial charge on any atom is -0.330 e. The van der Waals surface area contributed by atoms with Crippen LogP contribution in [0.1, 0.15) is 60.6 Å². The molecule has 0 bridgehead atoms. The molecule has 5 rings (SSSR count). The summed E-state index contributed by atoms with van der Waals surface area (Å²) in [5.74, 6) is 0.286. The lowest BCUT2D eigenvalue weighted by Crippen LogP contribution is -2.48. The van der Waals surface area contributed by atoms with Gasteiger partial charge in [0.2, 0.25) is 11.8 Å². The summed E-state index contributed by atoms with van der Waals surface area (Å²) in [5, 5.41) is 3.22. The Morgan fingerprint density at radius 2 is 1.84 bits per heavy atom. The third kappa shape index (κ3) is 4.24. The first-order valence-corrected chi connectivity index (χ1v) is 12.8. The molecule has 3 aliphatic rings. The van der Waals surface area contributed by atoms with E-state index in [4.69, 9.17) is 23.2 Å². The van der Waals surface area contributed by atoms with E-state index < -0.39 is 0 Å². The van der Waals surface area contributed by atoms with Crippen molar-refractivity contribution in [1.82, 2.24) is 9.80 Å². The van der Waals surface area contributed by atoms with Crippen molar-refractivity contribution in [1.29, 1.82) is 0 Å². The van der Waals surface area contributed by atoms with Gasteiger partial charge in [-0.05, 0) is 66.8 Å². The van der Waals surface area contributed by atoms with Gasteiger partial charge in [-0.25, -0.2) is 0 Å². The van der Waals surface area contributed by atoms with Gasteiger partial charge in [0.25, 0.3) is 0 Å². The third-order valence-electron chi connectivity index (χ3n) is 6.82. The van der Waals surface area contributed by atoms with E-state index in [1.807, 2.05) is 21.9 Å². The van der Waals surface area contributed by atoms with Crippen molar-refractivity contribution in [3.63, 3.8) is 0 Å². The maximum absolute atomic E-state index is 13.6. The zero-order valence-corrected chi connectivity index (χ0v) is 19.7. The van der Waals surface area contributed by atoms with Gasteiger partial charge in [-0.1, -0.05) is 42.1 Å². The average Bonchev–Trinajstić information content (AvgIpc) is 3.24. The largest absolute Gasteiger partial charge is 0.330 e. The molecule has 2 aliphatic carbocycles. The molecule has 1 aromatic heterocycles. The van der Waals surface area contributed by atoms with E-state index in [9.17, 15) is 9.59 Å². The highest BCUT2D eigenvalue weighted by Gasteiger charge is 2.40. The Labute approximate surface area is 197 Å². The Morgan fingerprint density at radius 3 is 2.55 bits per heavy atom. The van der Waals surface area contributed by atoms with E-state index in [-0.39, 0.29) is 36.4 Å². The van der Waals surface area contributed by atoms with Crippen LogP contribution in [-0.4, -0.2) is 40.7 Å². The van der Waals surface area contributed by atoms with E-state index >= 15 is 0 Å². The standard InChI is InChI=1S/C24H26Cl2N2O2S/c25-16-5-8-18(20(26)13-16)23-19-10-12-31-21(19)9-11-27(23)22(29)14-28(17-6-7-17)24(30)15-3-1-2-4-15/h5,8,10,12-13,15,17,23H,1-4,6-7,9,11,14H2. The quantitative estimate of drug-likeness (QED) is 0.554. The minimum absolute atomic E-state index is 0.00566. The van der Waals surface area contributed by atoms with Gasteiger partial charge in [-0.3, -0.25) is 9.59 Å². The summed E-state index contributed by atoms with van der Waals surface area (Å²) in [5.41, 5.74) is 2.02. The summed E-state index contributed by atoms with van der Waals surface area (Å²) < 4.78 is 0. The monoisotopic (exact) mass is 476 g/mol. The first-order valence-electron chi connectivity index (χ1n) is 11.1. The third-order valence-corrected chi connectivity index (χ3v) is 8.38. The van der Waals surface area contributed by atoms with Crippen molar-refractivity contribution < 1.29 is 9.59 Å². The highest BCUT2D eigenvalue weighted by molar-refractivity contribution is 7.10. The van der Waals surface area contributed by atoms with Crippen LogP contribution in [0.3, 0.4) is 0 Å². The molecule has 2 amide bonds. The Kier molecular flexibility index (Phi) is 6.02. The van der Waals surface area contributed by atoms with Crippen LogP contribution >= 0.6 is 34.5 Å².